The largest absolute Gasteiger partial charge is 0.481 e. The number of ether oxygens (including phenoxy) is 1. The number of rotatable bonds is 11. The summed E-state index contributed by atoms with van der Waals surface area (Å²) in [5.74, 6) is -0.328. The summed E-state index contributed by atoms with van der Waals surface area (Å²) in [6.45, 7) is 1.64. The first-order valence-electron chi connectivity index (χ1n) is 15.1. The van der Waals surface area contributed by atoms with E-state index in [4.69, 9.17) is 27.1 Å². The molecule has 18 nitrogen and oxygen atoms in total. The standard InChI is InChI=1S/C21H22N4O6S.C11H13N3O5/c1-11-22-14-4-3-12(9-13(14)19(28)23-11)10-25(2)17-7-6-16(32-17)20(29)24-15(21(30)31)5-8-18(26)27;1-2-11(9(17)8(16)6(5-15)19-11)14-4-3-7(12)13-10(14)18/h3-4,6-7,9,15H,5,8,10H2,1-2H3,(H,24,29)(H,26,27)(H,30,31)(H,22,23,28);1,3-4,6,8-9,15-17H,5H2,(H2,12,13,18)/t15-;6-,8-,9-,11-/m01/s1. The molecule has 1 aliphatic heterocycles. The van der Waals surface area contributed by atoms with Crippen LogP contribution >= 0.6 is 11.3 Å². The number of carbonyl (C=O) groups excluding carboxylic acids is 1. The summed E-state index contributed by atoms with van der Waals surface area (Å²) in [5, 5.41) is 50.4. The van der Waals surface area contributed by atoms with Gasteiger partial charge >= 0.3 is 17.6 Å². The number of aromatic nitrogens is 4. The lowest BCUT2D eigenvalue weighted by molar-refractivity contribution is -0.140. The van der Waals surface area contributed by atoms with Crippen LogP contribution in [-0.4, -0.2) is 101 Å². The monoisotopic (exact) mass is 725 g/mol. The number of aryl methyl sites for hydroxylation is 1. The van der Waals surface area contributed by atoms with Gasteiger partial charge in [-0.15, -0.1) is 17.8 Å². The number of fused-ring (bicyclic) bond motifs is 1. The van der Waals surface area contributed by atoms with Crippen LogP contribution in [0.1, 0.15) is 33.9 Å². The lowest BCUT2D eigenvalue weighted by Crippen LogP contribution is -2.49. The van der Waals surface area contributed by atoms with E-state index >= 15 is 0 Å². The molecule has 1 saturated heterocycles. The molecule has 3 aromatic heterocycles. The molecular formula is C32H35N7O11S. The van der Waals surface area contributed by atoms with Crippen molar-refractivity contribution < 1.29 is 44.7 Å². The number of carboxylic acids is 2. The summed E-state index contributed by atoms with van der Waals surface area (Å²) in [6, 6.07) is 8.79. The third-order valence-corrected chi connectivity index (χ3v) is 8.95. The predicted molar refractivity (Wildman–Crippen MR) is 183 cm³/mol. The molecule has 5 atom stereocenters. The van der Waals surface area contributed by atoms with E-state index in [0.29, 0.717) is 28.1 Å². The molecule has 1 aliphatic rings. The topological polar surface area (TPSA) is 284 Å². The van der Waals surface area contributed by atoms with Gasteiger partial charge in [-0.2, -0.15) is 4.98 Å². The number of anilines is 2. The number of aliphatic hydroxyl groups excluding tert-OH is 3. The van der Waals surface area contributed by atoms with Gasteiger partial charge in [0.25, 0.3) is 11.5 Å². The Hall–Kier alpha value is -5.65. The second-order valence-corrected chi connectivity index (χ2v) is 12.5. The fourth-order valence-electron chi connectivity index (χ4n) is 5.17. The average molecular weight is 726 g/mol. The summed E-state index contributed by atoms with van der Waals surface area (Å²) in [6.07, 6.45) is 1.86. The van der Waals surface area contributed by atoms with Gasteiger partial charge in [-0.3, -0.25) is 19.0 Å². The Bertz CT molecular complexity index is 2090. The van der Waals surface area contributed by atoms with Crippen molar-refractivity contribution in [2.24, 2.45) is 0 Å². The fraction of sp³-hybridized carbons (Fsp3) is 0.344. The van der Waals surface area contributed by atoms with Crippen LogP contribution in [0.25, 0.3) is 10.9 Å². The zero-order chi connectivity index (χ0) is 37.6. The van der Waals surface area contributed by atoms with Crippen LogP contribution in [0.5, 0.6) is 0 Å². The van der Waals surface area contributed by atoms with Gasteiger partial charge in [0.2, 0.25) is 5.72 Å². The van der Waals surface area contributed by atoms with Gasteiger partial charge in [-0.25, -0.2) is 14.6 Å². The van der Waals surface area contributed by atoms with Crippen LogP contribution in [-0.2, 0) is 26.6 Å². The Morgan fingerprint density at radius 1 is 1.20 bits per heavy atom. The van der Waals surface area contributed by atoms with Gasteiger partial charge in [0, 0.05) is 26.2 Å². The first kappa shape index (κ1) is 38.2. The van der Waals surface area contributed by atoms with Gasteiger partial charge in [0.15, 0.2) is 0 Å². The number of aliphatic hydroxyl groups is 3. The number of hydrogen-bond donors (Lipinski definition) is 8. The highest BCUT2D eigenvalue weighted by molar-refractivity contribution is 7.18. The smallest absolute Gasteiger partial charge is 0.352 e. The first-order chi connectivity index (χ1) is 24.1. The molecule has 0 bridgehead atoms. The summed E-state index contributed by atoms with van der Waals surface area (Å²) in [5.41, 5.74) is 3.89. The number of H-pyrrole nitrogens is 1. The van der Waals surface area contributed by atoms with Crippen LogP contribution in [0, 0.1) is 19.3 Å². The molecule has 9 N–H and O–H groups in total. The van der Waals surface area contributed by atoms with Gasteiger partial charge < -0.3 is 51.2 Å². The van der Waals surface area contributed by atoms with Crippen LogP contribution in [0.3, 0.4) is 0 Å². The van der Waals surface area contributed by atoms with Crippen molar-refractivity contribution in [1.82, 2.24) is 24.8 Å². The molecule has 1 fully saturated rings. The van der Waals surface area contributed by atoms with E-state index in [0.717, 1.165) is 15.1 Å². The maximum Gasteiger partial charge on any atom is 0.352 e. The van der Waals surface area contributed by atoms with E-state index in [9.17, 15) is 39.3 Å². The van der Waals surface area contributed by atoms with E-state index in [2.05, 4.69) is 26.2 Å². The van der Waals surface area contributed by atoms with Gasteiger partial charge in [-0.1, -0.05) is 6.07 Å². The number of thiophene rings is 1. The number of carbonyl (C=O) groups is 3. The predicted octanol–water partition coefficient (Wildman–Crippen LogP) is -0.798. The normalized spacial score (nSPS) is 20.1. The third-order valence-electron chi connectivity index (χ3n) is 7.76. The molecule has 4 aromatic rings. The summed E-state index contributed by atoms with van der Waals surface area (Å²) in [7, 11) is 1.84. The molecule has 0 saturated carbocycles. The molecule has 1 amide bonds. The Morgan fingerprint density at radius 3 is 2.53 bits per heavy atom. The molecule has 4 heterocycles. The molecule has 0 aliphatic carbocycles. The van der Waals surface area contributed by atoms with Crippen molar-refractivity contribution in [3.8, 4) is 12.3 Å². The minimum absolute atomic E-state index is 0.0137. The van der Waals surface area contributed by atoms with Crippen molar-refractivity contribution in [2.75, 3.05) is 24.3 Å². The average Bonchev–Trinajstić information content (AvgIpc) is 3.67. The van der Waals surface area contributed by atoms with Crippen LogP contribution < -0.4 is 27.2 Å². The maximum absolute atomic E-state index is 12.4. The van der Waals surface area contributed by atoms with Crippen LogP contribution in [0.15, 0.2) is 52.2 Å². The van der Waals surface area contributed by atoms with Crippen molar-refractivity contribution in [3.63, 3.8) is 0 Å². The first-order valence-corrected chi connectivity index (χ1v) is 16.0. The molecule has 1 aromatic carbocycles. The highest BCUT2D eigenvalue weighted by Gasteiger charge is 2.55. The fourth-order valence-corrected chi connectivity index (χ4v) is 6.04. The Labute approximate surface area is 292 Å². The van der Waals surface area contributed by atoms with E-state index in [1.54, 1.807) is 31.2 Å². The molecule has 0 spiro atoms. The van der Waals surface area contributed by atoms with Crippen LogP contribution in [0.4, 0.5) is 10.8 Å². The number of hydrogen-bond acceptors (Lipinski definition) is 14. The molecule has 51 heavy (non-hydrogen) atoms. The minimum atomic E-state index is -1.93. The van der Waals surface area contributed by atoms with Gasteiger partial charge in [-0.05, 0) is 55.2 Å². The SMILES string of the molecule is C#C[C@@]1(n2ccc(N)nc2=O)O[C@H](CO)[C@@H](O)[C@H]1O.Cc1nc2ccc(CN(C)c3ccc(C(=O)N[C@@H](CCC(=O)O)C(=O)O)s3)cc2c(=O)[nH]1. The summed E-state index contributed by atoms with van der Waals surface area (Å²) in [4.78, 5) is 71.0. The zero-order valence-electron chi connectivity index (χ0n) is 27.2. The second-order valence-electron chi connectivity index (χ2n) is 11.4. The van der Waals surface area contributed by atoms with E-state index < -0.39 is 60.2 Å². The Kier molecular flexibility index (Phi) is 11.9. The number of aliphatic carboxylic acids is 2. The number of benzene rings is 1. The number of amides is 1. The lowest BCUT2D eigenvalue weighted by atomic mass is 10.0. The number of terminal acetylenes is 1. The lowest BCUT2D eigenvalue weighted by Gasteiger charge is -2.28. The van der Waals surface area contributed by atoms with Crippen molar-refractivity contribution in [3.05, 3.63) is 79.7 Å². The molecule has 270 valence electrons. The molecular weight excluding hydrogens is 690 g/mol. The summed E-state index contributed by atoms with van der Waals surface area (Å²) < 4.78 is 6.13. The maximum atomic E-state index is 12.4. The van der Waals surface area contributed by atoms with E-state index in [-0.39, 0.29) is 24.2 Å². The molecule has 5 rings (SSSR count). The molecule has 0 unspecified atom stereocenters. The Balaban J connectivity index is 0.000000261. The van der Waals surface area contributed by atoms with E-state index in [1.807, 2.05) is 18.0 Å². The number of carboxylic acid groups (broad SMARTS) is 2. The highest BCUT2D eigenvalue weighted by Crippen LogP contribution is 2.34. The highest BCUT2D eigenvalue weighted by atomic mass is 32.1. The van der Waals surface area contributed by atoms with Gasteiger partial charge in [0.05, 0.1) is 27.4 Å². The van der Waals surface area contributed by atoms with Crippen LogP contribution in [0.2, 0.25) is 0 Å². The quantitative estimate of drug-likeness (QED) is 0.0879. The number of nitrogens with zero attached hydrogens (tertiary/aromatic N) is 4. The number of nitrogens with one attached hydrogen (secondary N) is 2. The summed E-state index contributed by atoms with van der Waals surface area (Å²) >= 11 is 1.18. The third kappa shape index (κ3) is 8.57. The van der Waals surface area contributed by atoms with Gasteiger partial charge in [0.1, 0.15) is 36.0 Å². The second kappa shape index (κ2) is 15.9. The Morgan fingerprint density at radius 2 is 1.92 bits per heavy atom. The number of nitrogen functional groups attached to an aromatic ring is 1. The number of aromatic amines is 1. The molecule has 0 radical (unpaired) electrons. The van der Waals surface area contributed by atoms with Crippen molar-refractivity contribution in [1.29, 1.82) is 0 Å². The number of nitrogens with two attached hydrogens (primary N) is 1. The van der Waals surface area contributed by atoms with Crippen molar-refractivity contribution in [2.45, 2.75) is 56.4 Å². The van der Waals surface area contributed by atoms with Crippen molar-refractivity contribution >= 4 is 50.9 Å². The van der Waals surface area contributed by atoms with E-state index in [1.165, 1.54) is 23.6 Å². The molecule has 19 heteroatoms. The zero-order valence-corrected chi connectivity index (χ0v) is 28.0. The minimum Gasteiger partial charge on any atom is -0.481 e.